The quantitative estimate of drug-likeness (QED) is 0.171. The molecule has 0 bridgehead atoms. The summed E-state index contributed by atoms with van der Waals surface area (Å²) >= 11 is 0. The van der Waals surface area contributed by atoms with Crippen LogP contribution < -0.4 is 21.3 Å². The van der Waals surface area contributed by atoms with E-state index in [1.54, 1.807) is 0 Å². The van der Waals surface area contributed by atoms with Gasteiger partial charge in [0, 0.05) is 24.2 Å². The first-order valence-corrected chi connectivity index (χ1v) is 14.6. The molecule has 2 aromatic rings. The molecule has 206 valence electrons. The highest BCUT2D eigenvalue weighted by molar-refractivity contribution is 5.64. The van der Waals surface area contributed by atoms with Gasteiger partial charge in [0.05, 0.1) is 0 Å². The third-order valence-corrected chi connectivity index (χ3v) is 7.55. The molecule has 0 spiro atoms. The third-order valence-electron chi connectivity index (χ3n) is 7.55. The van der Waals surface area contributed by atoms with Crippen LogP contribution in [0.4, 0.5) is 0 Å². The average molecular weight is 519 g/mol. The van der Waals surface area contributed by atoms with Crippen LogP contribution >= 0.6 is 0 Å². The molecule has 0 fully saturated rings. The topological polar surface area (TPSA) is 88.6 Å². The molecule has 2 aliphatic rings. The zero-order valence-electron chi connectivity index (χ0n) is 22.8. The van der Waals surface area contributed by atoms with E-state index in [0.29, 0.717) is 24.6 Å². The second kappa shape index (κ2) is 15.7. The first-order chi connectivity index (χ1) is 18.7. The maximum atomic E-state index is 10.3. The maximum Gasteiger partial charge on any atom is 0.120 e. The van der Waals surface area contributed by atoms with E-state index in [1.807, 2.05) is 12.1 Å². The normalized spacial score (nSPS) is 14.0. The molecular formula is C32H46N4O2. The minimum Gasteiger partial charge on any atom is -0.508 e. The second-order valence-corrected chi connectivity index (χ2v) is 10.4. The molecule has 2 aromatic carbocycles. The van der Waals surface area contributed by atoms with E-state index in [4.69, 9.17) is 0 Å². The van der Waals surface area contributed by atoms with Gasteiger partial charge in [-0.2, -0.15) is 0 Å². The van der Waals surface area contributed by atoms with Gasteiger partial charge < -0.3 is 31.5 Å². The zero-order chi connectivity index (χ0) is 26.4. The lowest BCUT2D eigenvalue weighted by molar-refractivity contribution is 0.462. The van der Waals surface area contributed by atoms with Crippen molar-refractivity contribution in [2.75, 3.05) is 39.3 Å². The maximum absolute atomic E-state index is 10.3. The number of phenolic OH excluding ortho intramolecular Hbond substituents is 2. The van der Waals surface area contributed by atoms with Crippen molar-refractivity contribution in [2.24, 2.45) is 0 Å². The number of nitrogens with one attached hydrogen (secondary N) is 4. The number of fused-ring (bicyclic) bond motifs is 2. The summed E-state index contributed by atoms with van der Waals surface area (Å²) in [5.41, 5.74) is 7.15. The number of unbranched alkanes of at least 4 members (excludes halogenated alkanes) is 1. The molecule has 0 amide bonds. The Bertz CT molecular complexity index is 994. The molecule has 4 rings (SSSR count). The lowest BCUT2D eigenvalue weighted by Crippen LogP contribution is -2.25. The van der Waals surface area contributed by atoms with Crippen LogP contribution in [0.5, 0.6) is 11.5 Å². The van der Waals surface area contributed by atoms with Crippen molar-refractivity contribution < 1.29 is 10.2 Å². The van der Waals surface area contributed by atoms with Gasteiger partial charge in [0.25, 0.3) is 0 Å². The van der Waals surface area contributed by atoms with Gasteiger partial charge in [-0.1, -0.05) is 36.4 Å². The zero-order valence-corrected chi connectivity index (χ0v) is 22.8. The third kappa shape index (κ3) is 8.43. The van der Waals surface area contributed by atoms with Crippen LogP contribution in [0, 0.1) is 0 Å². The molecule has 0 atom stereocenters. The van der Waals surface area contributed by atoms with Gasteiger partial charge in [0.2, 0.25) is 0 Å². The molecule has 6 N–H and O–H groups in total. The molecule has 6 nitrogen and oxygen atoms in total. The molecule has 0 aliphatic heterocycles. The molecular weight excluding hydrogens is 472 g/mol. The van der Waals surface area contributed by atoms with Crippen LogP contribution in [0.1, 0.15) is 71.9 Å². The van der Waals surface area contributed by atoms with Gasteiger partial charge in [-0.25, -0.2) is 0 Å². The second-order valence-electron chi connectivity index (χ2n) is 10.4. The SMILES string of the molecule is Oc1ccc2c(c1CNCCCNCCCCNCCCNCc1c(O)ccc3c1C=CCC3)C=CCC2. The summed E-state index contributed by atoms with van der Waals surface area (Å²) in [7, 11) is 0. The number of hydrogen-bond acceptors (Lipinski definition) is 6. The van der Waals surface area contributed by atoms with E-state index >= 15 is 0 Å². The van der Waals surface area contributed by atoms with E-state index in [-0.39, 0.29) is 0 Å². The van der Waals surface area contributed by atoms with Gasteiger partial charge in [0.15, 0.2) is 0 Å². The fourth-order valence-electron chi connectivity index (χ4n) is 5.36. The summed E-state index contributed by atoms with van der Waals surface area (Å²) in [5.74, 6) is 0.795. The van der Waals surface area contributed by atoms with Gasteiger partial charge in [-0.15, -0.1) is 0 Å². The van der Waals surface area contributed by atoms with E-state index < -0.39 is 0 Å². The molecule has 0 aromatic heterocycles. The van der Waals surface area contributed by atoms with Crippen LogP contribution in [0.25, 0.3) is 12.2 Å². The summed E-state index contributed by atoms with van der Waals surface area (Å²) in [6.45, 7) is 7.46. The first-order valence-electron chi connectivity index (χ1n) is 14.6. The molecule has 0 radical (unpaired) electrons. The fourth-order valence-corrected chi connectivity index (χ4v) is 5.36. The number of benzene rings is 2. The molecule has 2 aliphatic carbocycles. The average Bonchev–Trinajstić information content (AvgIpc) is 2.94. The number of rotatable bonds is 17. The Morgan fingerprint density at radius 2 is 0.947 bits per heavy atom. The van der Waals surface area contributed by atoms with Crippen molar-refractivity contribution in [3.63, 3.8) is 0 Å². The highest BCUT2D eigenvalue weighted by Crippen LogP contribution is 2.30. The number of aromatic hydroxyl groups is 2. The van der Waals surface area contributed by atoms with Crippen LogP contribution in [0.3, 0.4) is 0 Å². The predicted octanol–water partition coefficient (Wildman–Crippen LogP) is 4.64. The van der Waals surface area contributed by atoms with Gasteiger partial charge in [-0.05, 0) is 125 Å². The Hall–Kier alpha value is -2.64. The molecule has 0 saturated carbocycles. The predicted molar refractivity (Wildman–Crippen MR) is 159 cm³/mol. The van der Waals surface area contributed by atoms with Crippen molar-refractivity contribution in [3.8, 4) is 11.5 Å². The van der Waals surface area contributed by atoms with E-state index in [0.717, 1.165) is 88.9 Å². The van der Waals surface area contributed by atoms with Crippen LogP contribution in [-0.2, 0) is 25.9 Å². The highest BCUT2D eigenvalue weighted by Gasteiger charge is 2.14. The van der Waals surface area contributed by atoms with Gasteiger partial charge in [-0.3, -0.25) is 0 Å². The van der Waals surface area contributed by atoms with Gasteiger partial charge >= 0.3 is 0 Å². The smallest absolute Gasteiger partial charge is 0.120 e. The molecule has 0 heterocycles. The Balaban J connectivity index is 0.949. The Morgan fingerprint density at radius 3 is 1.42 bits per heavy atom. The fraction of sp³-hybridized carbons (Fsp3) is 0.500. The summed E-state index contributed by atoms with van der Waals surface area (Å²) < 4.78 is 0. The highest BCUT2D eigenvalue weighted by atomic mass is 16.3. The Labute approximate surface area is 228 Å². The summed E-state index contributed by atoms with van der Waals surface area (Å²) in [6.07, 6.45) is 17.5. The monoisotopic (exact) mass is 518 g/mol. The summed E-state index contributed by atoms with van der Waals surface area (Å²) in [5, 5.41) is 34.6. The standard InChI is InChI=1S/C32H46N4O2/c37-31-15-13-25-9-1-3-11-27(25)29(31)23-35-21-7-19-33-17-5-6-18-34-20-8-22-36-24-30-28-12-4-2-10-26(28)14-16-32(30)38/h3-4,11-16,33-38H,1-2,5-10,17-24H2. The van der Waals surface area contributed by atoms with Crippen LogP contribution in [0.15, 0.2) is 36.4 Å². The lowest BCUT2D eigenvalue weighted by Gasteiger charge is -2.17. The lowest BCUT2D eigenvalue weighted by atomic mass is 9.92. The van der Waals surface area contributed by atoms with Gasteiger partial charge in [0.1, 0.15) is 11.5 Å². The van der Waals surface area contributed by atoms with Crippen molar-refractivity contribution in [3.05, 3.63) is 69.8 Å². The molecule has 0 saturated heterocycles. The van der Waals surface area contributed by atoms with E-state index in [2.05, 4.69) is 57.7 Å². The summed E-state index contributed by atoms with van der Waals surface area (Å²) in [4.78, 5) is 0. The largest absolute Gasteiger partial charge is 0.508 e. The Kier molecular flexibility index (Phi) is 11.7. The molecule has 0 unspecified atom stereocenters. The van der Waals surface area contributed by atoms with E-state index in [9.17, 15) is 10.2 Å². The number of allylic oxidation sites excluding steroid dienone is 2. The number of phenols is 2. The van der Waals surface area contributed by atoms with Crippen molar-refractivity contribution in [2.45, 2.75) is 64.5 Å². The van der Waals surface area contributed by atoms with Crippen LogP contribution in [0.2, 0.25) is 0 Å². The minimum atomic E-state index is 0.397. The first kappa shape index (κ1) is 28.4. The number of aryl methyl sites for hydroxylation is 2. The molecule has 6 heteroatoms. The number of hydrogen-bond donors (Lipinski definition) is 6. The summed E-state index contributed by atoms with van der Waals surface area (Å²) in [6, 6.07) is 7.78. The minimum absolute atomic E-state index is 0.397. The van der Waals surface area contributed by atoms with Crippen molar-refractivity contribution in [1.29, 1.82) is 0 Å². The van der Waals surface area contributed by atoms with Crippen molar-refractivity contribution >= 4 is 12.2 Å². The molecule has 38 heavy (non-hydrogen) atoms. The Morgan fingerprint density at radius 1 is 0.526 bits per heavy atom. The van der Waals surface area contributed by atoms with E-state index in [1.165, 1.54) is 35.1 Å². The van der Waals surface area contributed by atoms with Crippen molar-refractivity contribution in [1.82, 2.24) is 21.3 Å². The van der Waals surface area contributed by atoms with Crippen LogP contribution in [-0.4, -0.2) is 49.5 Å².